The number of hydrogen-bond donors (Lipinski definition) is 1. The highest BCUT2D eigenvalue weighted by molar-refractivity contribution is 5.60. The minimum atomic E-state index is 0.678. The summed E-state index contributed by atoms with van der Waals surface area (Å²) in [5, 5.41) is 3.31. The van der Waals surface area contributed by atoms with Crippen molar-refractivity contribution in [3.8, 4) is 17.1 Å². The van der Waals surface area contributed by atoms with Gasteiger partial charge in [-0.1, -0.05) is 35.9 Å². The first kappa shape index (κ1) is 11.2. The number of hydrogen-bond acceptors (Lipinski definition) is 3. The van der Waals surface area contributed by atoms with Crippen molar-refractivity contribution >= 4 is 0 Å². The van der Waals surface area contributed by atoms with Gasteiger partial charge in [0.15, 0.2) is 0 Å². The normalized spacial score (nSPS) is 14.5. The Hall–Kier alpha value is -1.87. The third-order valence-corrected chi connectivity index (χ3v) is 3.12. The molecule has 0 unspecified atom stereocenters. The second-order valence-electron chi connectivity index (χ2n) is 4.55. The molecule has 18 heavy (non-hydrogen) atoms. The summed E-state index contributed by atoms with van der Waals surface area (Å²) in [6.45, 7) is 4.47. The Balaban J connectivity index is 1.98. The van der Waals surface area contributed by atoms with Gasteiger partial charge in [0.1, 0.15) is 6.61 Å². The largest absolute Gasteiger partial charge is 0.476 e. The van der Waals surface area contributed by atoms with Crippen molar-refractivity contribution in [2.45, 2.75) is 13.5 Å². The lowest BCUT2D eigenvalue weighted by atomic mass is 10.1. The van der Waals surface area contributed by atoms with Crippen molar-refractivity contribution in [2.75, 3.05) is 13.2 Å². The second-order valence-corrected chi connectivity index (χ2v) is 4.55. The van der Waals surface area contributed by atoms with Crippen LogP contribution in [0.5, 0.6) is 5.88 Å². The lowest BCUT2D eigenvalue weighted by Crippen LogP contribution is -2.16. The molecule has 3 heteroatoms. The molecular weight excluding hydrogens is 224 g/mol. The molecule has 0 amide bonds. The number of ether oxygens (including phenoxy) is 1. The topological polar surface area (TPSA) is 34.1 Å². The van der Waals surface area contributed by atoms with Crippen LogP contribution in [0.1, 0.15) is 11.1 Å². The zero-order valence-electron chi connectivity index (χ0n) is 10.4. The average Bonchev–Trinajstić information content (AvgIpc) is 2.64. The molecule has 1 aliphatic heterocycles. The average molecular weight is 240 g/mol. The van der Waals surface area contributed by atoms with Gasteiger partial charge in [-0.25, -0.2) is 4.98 Å². The fourth-order valence-corrected chi connectivity index (χ4v) is 2.06. The van der Waals surface area contributed by atoms with Gasteiger partial charge < -0.3 is 10.1 Å². The molecule has 1 aromatic carbocycles. The van der Waals surface area contributed by atoms with Crippen molar-refractivity contribution in [1.29, 1.82) is 0 Å². The number of nitrogens with zero attached hydrogens (tertiary/aromatic N) is 1. The summed E-state index contributed by atoms with van der Waals surface area (Å²) in [7, 11) is 0. The van der Waals surface area contributed by atoms with Gasteiger partial charge in [0, 0.05) is 24.2 Å². The van der Waals surface area contributed by atoms with Gasteiger partial charge >= 0.3 is 0 Å². The Kier molecular flexibility index (Phi) is 2.99. The van der Waals surface area contributed by atoms with Crippen molar-refractivity contribution in [1.82, 2.24) is 10.3 Å². The van der Waals surface area contributed by atoms with Gasteiger partial charge in [-0.15, -0.1) is 0 Å². The molecular formula is C15H16N2O. The predicted octanol–water partition coefficient (Wildman–Crippen LogP) is 2.54. The van der Waals surface area contributed by atoms with E-state index in [1.54, 1.807) is 0 Å². The number of nitrogens with one attached hydrogen (secondary N) is 1. The van der Waals surface area contributed by atoms with Crippen molar-refractivity contribution in [3.63, 3.8) is 0 Å². The zero-order valence-corrected chi connectivity index (χ0v) is 10.4. The Morgan fingerprint density at radius 1 is 1.11 bits per heavy atom. The maximum Gasteiger partial charge on any atom is 0.218 e. The molecule has 0 spiro atoms. The first-order valence-electron chi connectivity index (χ1n) is 6.23. The molecule has 92 valence electrons. The lowest BCUT2D eigenvalue weighted by molar-refractivity contribution is 0.314. The first-order valence-corrected chi connectivity index (χ1v) is 6.23. The van der Waals surface area contributed by atoms with Crippen LogP contribution in [0.4, 0.5) is 0 Å². The maximum absolute atomic E-state index is 5.66. The van der Waals surface area contributed by atoms with Gasteiger partial charge in [0.25, 0.3) is 0 Å². The van der Waals surface area contributed by atoms with E-state index in [-0.39, 0.29) is 0 Å². The van der Waals surface area contributed by atoms with Crippen LogP contribution in [-0.4, -0.2) is 18.1 Å². The monoisotopic (exact) mass is 240 g/mol. The minimum absolute atomic E-state index is 0.678. The fourth-order valence-electron chi connectivity index (χ4n) is 2.06. The van der Waals surface area contributed by atoms with E-state index < -0.39 is 0 Å². The van der Waals surface area contributed by atoms with Crippen LogP contribution in [0.15, 0.2) is 36.4 Å². The van der Waals surface area contributed by atoms with E-state index in [1.165, 1.54) is 5.56 Å². The third kappa shape index (κ3) is 2.22. The summed E-state index contributed by atoms with van der Waals surface area (Å²) in [6.07, 6.45) is 0. The second kappa shape index (κ2) is 4.78. The van der Waals surface area contributed by atoms with Crippen molar-refractivity contribution < 1.29 is 4.74 Å². The van der Waals surface area contributed by atoms with Crippen LogP contribution in [0.3, 0.4) is 0 Å². The molecule has 1 N–H and O–H groups in total. The SMILES string of the molecule is Cc1ccc(-c2ccc3c(n2)OCCNC3)cc1. The molecule has 2 heterocycles. The van der Waals surface area contributed by atoms with E-state index in [0.717, 1.165) is 35.8 Å². The van der Waals surface area contributed by atoms with Gasteiger partial charge in [-0.05, 0) is 13.0 Å². The van der Waals surface area contributed by atoms with Crippen LogP contribution in [-0.2, 0) is 6.54 Å². The number of fused-ring (bicyclic) bond motifs is 1. The molecule has 0 fully saturated rings. The van der Waals surface area contributed by atoms with Gasteiger partial charge in [0.05, 0.1) is 5.69 Å². The van der Waals surface area contributed by atoms with Crippen LogP contribution in [0.25, 0.3) is 11.3 Å². The van der Waals surface area contributed by atoms with Gasteiger partial charge in [0.2, 0.25) is 5.88 Å². The highest BCUT2D eigenvalue weighted by atomic mass is 16.5. The molecule has 3 rings (SSSR count). The molecule has 0 bridgehead atoms. The Morgan fingerprint density at radius 3 is 2.78 bits per heavy atom. The van der Waals surface area contributed by atoms with Gasteiger partial charge in [-0.2, -0.15) is 0 Å². The number of pyridine rings is 1. The van der Waals surface area contributed by atoms with E-state index in [9.17, 15) is 0 Å². The van der Waals surface area contributed by atoms with Gasteiger partial charge in [-0.3, -0.25) is 0 Å². The molecule has 0 saturated heterocycles. The fraction of sp³-hybridized carbons (Fsp3) is 0.267. The summed E-state index contributed by atoms with van der Waals surface area (Å²) in [5.74, 6) is 0.762. The van der Waals surface area contributed by atoms with E-state index in [4.69, 9.17) is 4.74 Å². The molecule has 0 atom stereocenters. The Labute approximate surface area is 107 Å². The van der Waals surface area contributed by atoms with E-state index in [2.05, 4.69) is 53.6 Å². The number of benzene rings is 1. The van der Waals surface area contributed by atoms with E-state index in [1.807, 2.05) is 0 Å². The predicted molar refractivity (Wildman–Crippen MR) is 71.6 cm³/mol. The Morgan fingerprint density at radius 2 is 1.94 bits per heavy atom. The third-order valence-electron chi connectivity index (χ3n) is 3.12. The van der Waals surface area contributed by atoms with Crippen LogP contribution in [0.2, 0.25) is 0 Å². The summed E-state index contributed by atoms with van der Waals surface area (Å²) >= 11 is 0. The molecule has 0 saturated carbocycles. The van der Waals surface area contributed by atoms with Crippen molar-refractivity contribution in [3.05, 3.63) is 47.5 Å². The molecule has 2 aromatic rings. The highest BCUT2D eigenvalue weighted by Gasteiger charge is 2.11. The van der Waals surface area contributed by atoms with Crippen LogP contribution >= 0.6 is 0 Å². The Bertz CT molecular complexity index is 549. The number of rotatable bonds is 1. The molecule has 1 aromatic heterocycles. The highest BCUT2D eigenvalue weighted by Crippen LogP contribution is 2.24. The minimum Gasteiger partial charge on any atom is -0.476 e. The molecule has 0 radical (unpaired) electrons. The van der Waals surface area contributed by atoms with Crippen LogP contribution in [0, 0.1) is 6.92 Å². The standard InChI is InChI=1S/C15H16N2O/c1-11-2-4-12(5-3-11)14-7-6-13-10-16-8-9-18-15(13)17-14/h2-7,16H,8-10H2,1H3. The first-order chi connectivity index (χ1) is 8.83. The smallest absolute Gasteiger partial charge is 0.218 e. The zero-order chi connectivity index (χ0) is 12.4. The molecule has 3 nitrogen and oxygen atoms in total. The quantitative estimate of drug-likeness (QED) is 0.831. The lowest BCUT2D eigenvalue weighted by Gasteiger charge is -2.08. The molecule has 1 aliphatic rings. The summed E-state index contributed by atoms with van der Waals surface area (Å²) in [6, 6.07) is 12.5. The van der Waals surface area contributed by atoms with E-state index in [0.29, 0.717) is 6.61 Å². The summed E-state index contributed by atoms with van der Waals surface area (Å²) < 4.78 is 5.66. The summed E-state index contributed by atoms with van der Waals surface area (Å²) in [4.78, 5) is 4.61. The number of aromatic nitrogens is 1. The maximum atomic E-state index is 5.66. The van der Waals surface area contributed by atoms with E-state index >= 15 is 0 Å². The molecule has 0 aliphatic carbocycles. The van der Waals surface area contributed by atoms with Crippen LogP contribution < -0.4 is 10.1 Å². The number of aryl methyl sites for hydroxylation is 1. The van der Waals surface area contributed by atoms with Crippen molar-refractivity contribution in [2.24, 2.45) is 0 Å². The summed E-state index contributed by atoms with van der Waals surface area (Å²) in [5.41, 5.74) is 4.48.